The van der Waals surface area contributed by atoms with Crippen molar-refractivity contribution >= 4 is 21.5 Å². The van der Waals surface area contributed by atoms with Gasteiger partial charge in [-0.2, -0.15) is 0 Å². The number of rotatable bonds is 2. The number of hydrogen-bond donors (Lipinski definition) is 1. The first-order valence-electron chi connectivity index (χ1n) is 7.00. The second-order valence-electron chi connectivity index (χ2n) is 5.60. The van der Waals surface area contributed by atoms with E-state index >= 15 is 0 Å². The lowest BCUT2D eigenvalue weighted by Crippen LogP contribution is -2.12. The summed E-state index contributed by atoms with van der Waals surface area (Å²) in [5.74, 6) is 0.685. The van der Waals surface area contributed by atoms with Crippen LogP contribution < -0.4 is 5.73 Å². The van der Waals surface area contributed by atoms with Crippen molar-refractivity contribution in [3.63, 3.8) is 0 Å². The monoisotopic (exact) mass is 247 g/mol. The molecule has 0 saturated heterocycles. The molecule has 0 radical (unpaired) electrons. The molecule has 0 spiro atoms. The molecule has 94 valence electrons. The molecule has 0 aliphatic heterocycles. The van der Waals surface area contributed by atoms with Gasteiger partial charge in [0.15, 0.2) is 0 Å². The van der Waals surface area contributed by atoms with Crippen LogP contribution in [0.25, 0.3) is 21.5 Å². The Bertz CT molecular complexity index is 756. The zero-order valence-electron chi connectivity index (χ0n) is 10.8. The molecule has 19 heavy (non-hydrogen) atoms. The highest BCUT2D eigenvalue weighted by atomic mass is 14.7. The Morgan fingerprint density at radius 3 is 2.21 bits per heavy atom. The largest absolute Gasteiger partial charge is 0.324 e. The van der Waals surface area contributed by atoms with Gasteiger partial charge in [0.05, 0.1) is 0 Å². The fourth-order valence-corrected chi connectivity index (χ4v) is 3.07. The molecule has 0 amide bonds. The van der Waals surface area contributed by atoms with Crippen molar-refractivity contribution in [1.82, 2.24) is 0 Å². The van der Waals surface area contributed by atoms with E-state index in [1.807, 2.05) is 0 Å². The predicted molar refractivity (Wildman–Crippen MR) is 81.1 cm³/mol. The lowest BCUT2D eigenvalue weighted by Gasteiger charge is -2.16. The van der Waals surface area contributed by atoms with Gasteiger partial charge in [-0.3, -0.25) is 0 Å². The molecule has 4 rings (SSSR count). The Kier molecular flexibility index (Phi) is 2.36. The van der Waals surface area contributed by atoms with Crippen LogP contribution in [0.3, 0.4) is 0 Å². The standard InChI is InChI=1S/C18H17N/c19-18(12-9-10-12)17-11-13-5-1-2-6-14(13)15-7-3-4-8-16(15)17/h1-8,11-12,18H,9-10,19H2/t18-/m1/s1. The van der Waals surface area contributed by atoms with Gasteiger partial charge in [0.2, 0.25) is 0 Å². The van der Waals surface area contributed by atoms with E-state index in [9.17, 15) is 0 Å². The van der Waals surface area contributed by atoms with E-state index in [0.717, 1.165) is 0 Å². The van der Waals surface area contributed by atoms with Crippen LogP contribution in [0.1, 0.15) is 24.4 Å². The van der Waals surface area contributed by atoms with E-state index in [4.69, 9.17) is 5.73 Å². The zero-order valence-corrected chi connectivity index (χ0v) is 10.8. The van der Waals surface area contributed by atoms with Crippen molar-refractivity contribution in [1.29, 1.82) is 0 Å². The Balaban J connectivity index is 2.09. The molecule has 0 unspecified atom stereocenters. The van der Waals surface area contributed by atoms with E-state index in [-0.39, 0.29) is 6.04 Å². The fraction of sp³-hybridized carbons (Fsp3) is 0.222. The third-order valence-electron chi connectivity index (χ3n) is 4.29. The Morgan fingerprint density at radius 1 is 0.842 bits per heavy atom. The highest BCUT2D eigenvalue weighted by Gasteiger charge is 2.30. The predicted octanol–water partition coefficient (Wildman–Crippen LogP) is 4.40. The molecule has 2 N–H and O–H groups in total. The van der Waals surface area contributed by atoms with Gasteiger partial charge in [0.1, 0.15) is 0 Å². The van der Waals surface area contributed by atoms with Gasteiger partial charge in [0, 0.05) is 6.04 Å². The average Bonchev–Trinajstić information content (AvgIpc) is 3.30. The number of benzene rings is 3. The Hall–Kier alpha value is -1.86. The third-order valence-corrected chi connectivity index (χ3v) is 4.29. The average molecular weight is 247 g/mol. The van der Waals surface area contributed by atoms with E-state index in [0.29, 0.717) is 5.92 Å². The molecule has 0 aromatic heterocycles. The van der Waals surface area contributed by atoms with Crippen LogP contribution in [0.2, 0.25) is 0 Å². The summed E-state index contributed by atoms with van der Waals surface area (Å²) in [6, 6.07) is 19.7. The first-order chi connectivity index (χ1) is 9.34. The highest BCUT2D eigenvalue weighted by Crippen LogP contribution is 2.42. The van der Waals surface area contributed by atoms with Crippen molar-refractivity contribution in [3.8, 4) is 0 Å². The Labute approximate surface area is 113 Å². The number of nitrogens with two attached hydrogens (primary N) is 1. The number of hydrogen-bond acceptors (Lipinski definition) is 1. The van der Waals surface area contributed by atoms with Crippen molar-refractivity contribution in [3.05, 3.63) is 60.2 Å². The molecular formula is C18H17N. The van der Waals surface area contributed by atoms with Crippen molar-refractivity contribution in [2.75, 3.05) is 0 Å². The maximum atomic E-state index is 6.46. The zero-order chi connectivity index (χ0) is 12.8. The highest BCUT2D eigenvalue weighted by molar-refractivity contribution is 6.09. The van der Waals surface area contributed by atoms with Crippen LogP contribution in [0, 0.1) is 5.92 Å². The van der Waals surface area contributed by atoms with Crippen LogP contribution in [0.15, 0.2) is 54.6 Å². The second kappa shape index (κ2) is 4.07. The first kappa shape index (κ1) is 11.0. The van der Waals surface area contributed by atoms with Gasteiger partial charge >= 0.3 is 0 Å². The van der Waals surface area contributed by atoms with Crippen LogP contribution in [0.5, 0.6) is 0 Å². The topological polar surface area (TPSA) is 26.0 Å². The minimum Gasteiger partial charge on any atom is -0.324 e. The summed E-state index contributed by atoms with van der Waals surface area (Å²) in [6.45, 7) is 0. The van der Waals surface area contributed by atoms with Gasteiger partial charge < -0.3 is 5.73 Å². The summed E-state index contributed by atoms with van der Waals surface area (Å²) in [4.78, 5) is 0. The quantitative estimate of drug-likeness (QED) is 0.667. The SMILES string of the molecule is N[C@@H](c1cc2ccccc2c2ccccc12)C1CC1. The van der Waals surface area contributed by atoms with Gasteiger partial charge in [0.25, 0.3) is 0 Å². The molecule has 1 nitrogen and oxygen atoms in total. The normalized spacial score (nSPS) is 16.9. The minimum absolute atomic E-state index is 0.189. The lowest BCUT2D eigenvalue weighted by molar-refractivity contribution is 0.639. The van der Waals surface area contributed by atoms with E-state index in [1.165, 1.54) is 39.9 Å². The maximum absolute atomic E-state index is 6.46. The van der Waals surface area contributed by atoms with Crippen LogP contribution in [-0.4, -0.2) is 0 Å². The molecule has 3 aromatic carbocycles. The molecule has 0 bridgehead atoms. The van der Waals surface area contributed by atoms with Gasteiger partial charge in [-0.25, -0.2) is 0 Å². The minimum atomic E-state index is 0.189. The van der Waals surface area contributed by atoms with E-state index in [2.05, 4.69) is 54.6 Å². The summed E-state index contributed by atoms with van der Waals surface area (Å²) in [5, 5.41) is 5.27. The summed E-state index contributed by atoms with van der Waals surface area (Å²) in [5.41, 5.74) is 7.77. The third kappa shape index (κ3) is 1.73. The van der Waals surface area contributed by atoms with Gasteiger partial charge in [-0.15, -0.1) is 0 Å². The summed E-state index contributed by atoms with van der Waals surface area (Å²) in [7, 11) is 0. The van der Waals surface area contributed by atoms with Crippen molar-refractivity contribution < 1.29 is 0 Å². The lowest BCUT2D eigenvalue weighted by atomic mass is 9.92. The fourth-order valence-electron chi connectivity index (χ4n) is 3.07. The van der Waals surface area contributed by atoms with E-state index in [1.54, 1.807) is 0 Å². The molecule has 0 heterocycles. The molecule has 1 atom stereocenters. The molecule has 1 saturated carbocycles. The molecule has 3 aromatic rings. The smallest absolute Gasteiger partial charge is 0.0329 e. The first-order valence-corrected chi connectivity index (χ1v) is 7.00. The summed E-state index contributed by atoms with van der Waals surface area (Å²) >= 11 is 0. The van der Waals surface area contributed by atoms with Crippen molar-refractivity contribution in [2.45, 2.75) is 18.9 Å². The summed E-state index contributed by atoms with van der Waals surface area (Å²) in [6.07, 6.45) is 2.56. The number of fused-ring (bicyclic) bond motifs is 3. The van der Waals surface area contributed by atoms with Gasteiger partial charge in [-0.05, 0) is 51.9 Å². The summed E-state index contributed by atoms with van der Waals surface area (Å²) < 4.78 is 0. The van der Waals surface area contributed by atoms with E-state index < -0.39 is 0 Å². The van der Waals surface area contributed by atoms with Gasteiger partial charge in [-0.1, -0.05) is 48.5 Å². The molecule has 1 aliphatic rings. The second-order valence-corrected chi connectivity index (χ2v) is 5.60. The molecule has 1 heteroatoms. The molecule has 1 fully saturated rings. The molecular weight excluding hydrogens is 230 g/mol. The van der Waals surface area contributed by atoms with Crippen molar-refractivity contribution in [2.24, 2.45) is 11.7 Å². The van der Waals surface area contributed by atoms with Crippen LogP contribution in [-0.2, 0) is 0 Å². The van der Waals surface area contributed by atoms with Crippen LogP contribution >= 0.6 is 0 Å². The molecule has 1 aliphatic carbocycles. The maximum Gasteiger partial charge on any atom is 0.0329 e. The van der Waals surface area contributed by atoms with Crippen LogP contribution in [0.4, 0.5) is 0 Å². The Morgan fingerprint density at radius 2 is 1.47 bits per heavy atom.